The average Bonchev–Trinajstić information content (AvgIpc) is 2.55. The lowest BCUT2D eigenvalue weighted by atomic mass is 9.71. The quantitative estimate of drug-likeness (QED) is 0.846. The normalized spacial score (nSPS) is 27.3. The van der Waals surface area contributed by atoms with Gasteiger partial charge in [-0.1, -0.05) is 6.92 Å². The minimum atomic E-state index is 0.0732. The van der Waals surface area contributed by atoms with Crippen molar-refractivity contribution in [2.24, 2.45) is 5.92 Å². The molecule has 126 valence electrons. The zero-order valence-electron chi connectivity index (χ0n) is 14.2. The van der Waals surface area contributed by atoms with Gasteiger partial charge in [-0.2, -0.15) is 0 Å². The lowest BCUT2D eigenvalue weighted by molar-refractivity contribution is -0.138. The number of ether oxygens (including phenoxy) is 2. The number of anilines is 1. The molecule has 0 amide bonds. The number of fused-ring (bicyclic) bond motifs is 3. The first-order valence-electron chi connectivity index (χ1n) is 8.40. The summed E-state index contributed by atoms with van der Waals surface area (Å²) in [5.41, 5.74) is 7.79. The maximum absolute atomic E-state index is 12.4. The van der Waals surface area contributed by atoms with Crippen molar-refractivity contribution in [3.63, 3.8) is 0 Å². The second kappa shape index (κ2) is 6.40. The molecule has 4 rings (SSSR count). The van der Waals surface area contributed by atoms with Crippen molar-refractivity contribution < 1.29 is 14.3 Å². The summed E-state index contributed by atoms with van der Waals surface area (Å²) in [6.45, 7) is 3.19. The van der Waals surface area contributed by atoms with Gasteiger partial charge in [0.1, 0.15) is 5.78 Å². The first-order valence-corrected chi connectivity index (χ1v) is 8.40. The van der Waals surface area contributed by atoms with E-state index in [1.165, 1.54) is 0 Å². The van der Waals surface area contributed by atoms with Gasteiger partial charge in [-0.3, -0.25) is 9.69 Å². The molecule has 0 radical (unpaired) electrons. The lowest BCUT2D eigenvalue weighted by Gasteiger charge is -2.50. The summed E-state index contributed by atoms with van der Waals surface area (Å²) in [5, 5.41) is 0. The van der Waals surface area contributed by atoms with Crippen LogP contribution in [0.25, 0.3) is 0 Å². The number of rotatable bonds is 5. The van der Waals surface area contributed by atoms with Gasteiger partial charge in [-0.15, -0.1) is 0 Å². The Hall–Kier alpha value is -1.75. The second-order valence-corrected chi connectivity index (χ2v) is 6.54. The highest BCUT2D eigenvalue weighted by Crippen LogP contribution is 2.48. The van der Waals surface area contributed by atoms with E-state index >= 15 is 0 Å². The van der Waals surface area contributed by atoms with Gasteiger partial charge in [0.25, 0.3) is 0 Å². The van der Waals surface area contributed by atoms with Crippen molar-refractivity contribution in [2.45, 2.75) is 44.7 Å². The largest absolute Gasteiger partial charge is 0.493 e. The average molecular weight is 318 g/mol. The van der Waals surface area contributed by atoms with E-state index in [1.54, 1.807) is 14.2 Å². The standard InChI is InChI=1S/C18H26N2O3/c1-4-7-20-12-5-6-13(15(21)10-12)17(20)11-8-14(19)18(23-3)16(9-11)22-2/h8-9,12-13,17H,4-7,10,19H2,1-3H3. The van der Waals surface area contributed by atoms with Gasteiger partial charge in [0, 0.05) is 24.4 Å². The number of methoxy groups -OCH3 is 2. The van der Waals surface area contributed by atoms with Crippen LogP contribution in [-0.2, 0) is 4.79 Å². The Labute approximate surface area is 137 Å². The number of nitrogen functional groups attached to an aromatic ring is 1. The second-order valence-electron chi connectivity index (χ2n) is 6.54. The molecule has 1 saturated carbocycles. The van der Waals surface area contributed by atoms with Gasteiger partial charge < -0.3 is 15.2 Å². The molecule has 0 spiro atoms. The number of Topliss-reactive ketones (excluding diaryl/α,β-unsaturated/α-hetero) is 1. The highest BCUT2D eigenvalue weighted by Gasteiger charge is 2.46. The van der Waals surface area contributed by atoms with Crippen LogP contribution >= 0.6 is 0 Å². The number of hydrogen-bond donors (Lipinski definition) is 1. The first-order chi connectivity index (χ1) is 11.1. The number of benzene rings is 1. The van der Waals surface area contributed by atoms with E-state index in [0.717, 1.165) is 31.4 Å². The molecule has 2 bridgehead atoms. The Morgan fingerprint density at radius 2 is 2.04 bits per heavy atom. The van der Waals surface area contributed by atoms with Gasteiger partial charge in [-0.25, -0.2) is 0 Å². The van der Waals surface area contributed by atoms with Crippen molar-refractivity contribution in [3.8, 4) is 11.5 Å². The molecule has 2 aliphatic heterocycles. The third-order valence-electron chi connectivity index (χ3n) is 5.22. The lowest BCUT2D eigenvalue weighted by Crippen LogP contribution is -2.54. The molecular weight excluding hydrogens is 292 g/mol. The minimum absolute atomic E-state index is 0.0732. The van der Waals surface area contributed by atoms with Crippen LogP contribution in [0.3, 0.4) is 0 Å². The van der Waals surface area contributed by atoms with Gasteiger partial charge in [0.2, 0.25) is 0 Å². The monoisotopic (exact) mass is 318 g/mol. The zero-order chi connectivity index (χ0) is 16.6. The molecule has 3 unspecified atom stereocenters. The molecule has 1 aromatic rings. The Bertz CT molecular complexity index is 602. The van der Waals surface area contributed by atoms with Crippen molar-refractivity contribution >= 4 is 11.5 Å². The summed E-state index contributed by atoms with van der Waals surface area (Å²) < 4.78 is 10.8. The molecule has 2 saturated heterocycles. The van der Waals surface area contributed by atoms with E-state index < -0.39 is 0 Å². The SMILES string of the molecule is CCCN1C2CCC(C(=O)C2)C1c1cc(N)c(OC)c(OC)c1. The van der Waals surface area contributed by atoms with Gasteiger partial charge in [0.05, 0.1) is 19.9 Å². The Balaban J connectivity index is 2.04. The van der Waals surface area contributed by atoms with E-state index in [-0.39, 0.29) is 12.0 Å². The van der Waals surface area contributed by atoms with Crippen LogP contribution in [0.5, 0.6) is 11.5 Å². The minimum Gasteiger partial charge on any atom is -0.493 e. The third-order valence-corrected chi connectivity index (χ3v) is 5.22. The molecule has 5 nitrogen and oxygen atoms in total. The Morgan fingerprint density at radius 3 is 2.65 bits per heavy atom. The highest BCUT2D eigenvalue weighted by atomic mass is 16.5. The van der Waals surface area contributed by atoms with Gasteiger partial charge in [-0.05, 0) is 43.5 Å². The zero-order valence-corrected chi connectivity index (χ0v) is 14.2. The van der Waals surface area contributed by atoms with Crippen LogP contribution < -0.4 is 15.2 Å². The van der Waals surface area contributed by atoms with Crippen LogP contribution in [0, 0.1) is 5.92 Å². The van der Waals surface area contributed by atoms with Gasteiger partial charge in [0.15, 0.2) is 11.5 Å². The first kappa shape index (κ1) is 16.1. The van der Waals surface area contributed by atoms with Crippen LogP contribution in [-0.4, -0.2) is 37.5 Å². The maximum atomic E-state index is 12.4. The van der Waals surface area contributed by atoms with E-state index in [1.807, 2.05) is 12.1 Å². The Morgan fingerprint density at radius 1 is 1.26 bits per heavy atom. The van der Waals surface area contributed by atoms with Crippen LogP contribution in [0.15, 0.2) is 12.1 Å². The molecule has 5 heteroatoms. The fourth-order valence-corrected chi connectivity index (χ4v) is 4.28. The van der Waals surface area contributed by atoms with Crippen molar-refractivity contribution in [3.05, 3.63) is 17.7 Å². The summed E-state index contributed by atoms with van der Waals surface area (Å²) in [5.74, 6) is 1.66. The van der Waals surface area contributed by atoms with E-state index in [2.05, 4.69) is 11.8 Å². The van der Waals surface area contributed by atoms with Crippen molar-refractivity contribution in [1.29, 1.82) is 0 Å². The third kappa shape index (κ3) is 2.67. The fourth-order valence-electron chi connectivity index (χ4n) is 4.28. The number of nitrogens with two attached hydrogens (primary N) is 1. The number of carbonyl (C=O) groups excluding carboxylic acids is 1. The van der Waals surface area contributed by atoms with E-state index in [0.29, 0.717) is 35.4 Å². The van der Waals surface area contributed by atoms with E-state index in [4.69, 9.17) is 15.2 Å². The van der Waals surface area contributed by atoms with E-state index in [9.17, 15) is 4.79 Å². The van der Waals surface area contributed by atoms with Gasteiger partial charge >= 0.3 is 0 Å². The fraction of sp³-hybridized carbons (Fsp3) is 0.611. The summed E-state index contributed by atoms with van der Waals surface area (Å²) in [4.78, 5) is 14.9. The molecule has 3 fully saturated rings. The highest BCUT2D eigenvalue weighted by molar-refractivity contribution is 5.84. The smallest absolute Gasteiger partial charge is 0.183 e. The van der Waals surface area contributed by atoms with Crippen LogP contribution in [0.2, 0.25) is 0 Å². The summed E-state index contributed by atoms with van der Waals surface area (Å²) in [7, 11) is 3.20. The van der Waals surface area contributed by atoms with Crippen molar-refractivity contribution in [2.75, 3.05) is 26.5 Å². The number of carbonyl (C=O) groups is 1. The van der Waals surface area contributed by atoms with Crippen molar-refractivity contribution in [1.82, 2.24) is 4.90 Å². The summed E-state index contributed by atoms with van der Waals surface area (Å²) in [6, 6.07) is 4.41. The Kier molecular flexibility index (Phi) is 4.48. The summed E-state index contributed by atoms with van der Waals surface area (Å²) >= 11 is 0. The molecule has 0 aromatic heterocycles. The molecule has 2 N–H and O–H groups in total. The molecule has 2 heterocycles. The molecule has 23 heavy (non-hydrogen) atoms. The molecule has 1 aliphatic carbocycles. The number of hydrogen-bond acceptors (Lipinski definition) is 5. The molecule has 3 aliphatic rings. The predicted octanol–water partition coefficient (Wildman–Crippen LogP) is 2.79. The molecule has 3 atom stereocenters. The predicted molar refractivity (Wildman–Crippen MR) is 89.8 cm³/mol. The number of piperidine rings is 2. The van der Waals surface area contributed by atoms with Crippen LogP contribution in [0.4, 0.5) is 5.69 Å². The molecular formula is C18H26N2O3. The maximum Gasteiger partial charge on any atom is 0.183 e. The van der Waals surface area contributed by atoms with Crippen LogP contribution in [0.1, 0.15) is 44.2 Å². The topological polar surface area (TPSA) is 64.8 Å². The number of ketones is 1. The molecule has 1 aromatic carbocycles. The summed E-state index contributed by atoms with van der Waals surface area (Å²) in [6.07, 6.45) is 3.87. The number of nitrogens with zero attached hydrogens (tertiary/aromatic N) is 1.